The number of hydrogen-bond donors (Lipinski definition) is 3. The van der Waals surface area contributed by atoms with Gasteiger partial charge in [-0.25, -0.2) is 4.99 Å². The number of hydrogen-bond acceptors (Lipinski definition) is 4. The Labute approximate surface area is 173 Å². The summed E-state index contributed by atoms with van der Waals surface area (Å²) in [6.07, 6.45) is 4.78. The first kappa shape index (κ1) is 22.8. The number of carbonyl (C=O) groups excluding carboxylic acids is 1. The van der Waals surface area contributed by atoms with Crippen molar-refractivity contribution in [3.8, 4) is 0 Å². The highest BCUT2D eigenvalue weighted by Crippen LogP contribution is 2.12. The zero-order chi connectivity index (χ0) is 18.1. The van der Waals surface area contributed by atoms with Crippen molar-refractivity contribution in [1.82, 2.24) is 15.5 Å². The fourth-order valence-corrected chi connectivity index (χ4v) is 2.95. The summed E-state index contributed by atoms with van der Waals surface area (Å²) in [6.45, 7) is 8.93. The van der Waals surface area contributed by atoms with E-state index in [0.717, 1.165) is 38.4 Å². The molecule has 0 aromatic carbocycles. The molecule has 4 N–H and O–H groups in total. The van der Waals surface area contributed by atoms with Crippen LogP contribution in [0.1, 0.15) is 55.8 Å². The number of aliphatic imine (C=N–C) groups is 1. The minimum absolute atomic E-state index is 0. The Hall–Kier alpha value is -1.29. The average molecular weight is 477 g/mol. The molecule has 7 nitrogen and oxygen atoms in total. The normalized spacial score (nSPS) is 16.2. The Morgan fingerprint density at radius 2 is 2.08 bits per heavy atom. The van der Waals surface area contributed by atoms with Gasteiger partial charge in [0.05, 0.1) is 0 Å². The third kappa shape index (κ3) is 7.53. The largest absolute Gasteiger partial charge is 0.454 e. The number of nitrogens with zero attached hydrogens (tertiary/aromatic N) is 2. The van der Waals surface area contributed by atoms with Gasteiger partial charge in [0.25, 0.3) is 5.91 Å². The van der Waals surface area contributed by atoms with Crippen LogP contribution >= 0.6 is 24.0 Å². The van der Waals surface area contributed by atoms with Crippen LogP contribution in [0.25, 0.3) is 0 Å². The molecule has 0 saturated carbocycles. The highest BCUT2D eigenvalue weighted by atomic mass is 127. The molecule has 2 heterocycles. The molecule has 1 aromatic heterocycles. The number of piperidine rings is 1. The van der Waals surface area contributed by atoms with Crippen molar-refractivity contribution in [2.75, 3.05) is 26.2 Å². The fraction of sp³-hybridized carbons (Fsp3) is 0.667. The summed E-state index contributed by atoms with van der Waals surface area (Å²) in [4.78, 5) is 18.2. The van der Waals surface area contributed by atoms with Gasteiger partial charge in [-0.05, 0) is 44.9 Å². The number of guanidine groups is 1. The molecule has 0 spiro atoms. The Bertz CT molecular complexity index is 568. The summed E-state index contributed by atoms with van der Waals surface area (Å²) in [5, 5.41) is 6.78. The zero-order valence-electron chi connectivity index (χ0n) is 15.8. The molecule has 0 bridgehead atoms. The second-order valence-corrected chi connectivity index (χ2v) is 6.44. The highest BCUT2D eigenvalue weighted by molar-refractivity contribution is 14.0. The number of halogens is 1. The molecule has 1 saturated heterocycles. The summed E-state index contributed by atoms with van der Waals surface area (Å²) < 4.78 is 5.37. The Morgan fingerprint density at radius 1 is 1.35 bits per heavy atom. The number of furan rings is 1. The molecule has 0 radical (unpaired) electrons. The molecule has 1 aliphatic heterocycles. The number of likely N-dealkylation sites (tertiary alicyclic amines) is 1. The van der Waals surface area contributed by atoms with Gasteiger partial charge >= 0.3 is 0 Å². The third-order valence-corrected chi connectivity index (χ3v) is 4.40. The van der Waals surface area contributed by atoms with Crippen molar-refractivity contribution in [2.45, 2.75) is 52.1 Å². The second kappa shape index (κ2) is 12.2. The fourth-order valence-electron chi connectivity index (χ4n) is 2.95. The monoisotopic (exact) mass is 477 g/mol. The highest BCUT2D eigenvalue weighted by Gasteiger charge is 2.19. The number of unbranched alkanes of at least 4 members (excludes halogenated alkanes) is 1. The van der Waals surface area contributed by atoms with Gasteiger partial charge in [0.15, 0.2) is 11.7 Å². The number of carbonyl (C=O) groups is 1. The van der Waals surface area contributed by atoms with Gasteiger partial charge in [-0.2, -0.15) is 0 Å². The zero-order valence-corrected chi connectivity index (χ0v) is 18.1. The summed E-state index contributed by atoms with van der Waals surface area (Å²) in [6, 6.07) is 3.76. The Kier molecular flexibility index (Phi) is 10.6. The molecule has 0 atom stereocenters. The number of rotatable bonds is 8. The van der Waals surface area contributed by atoms with E-state index in [4.69, 9.17) is 10.2 Å². The van der Waals surface area contributed by atoms with Crippen LogP contribution in [-0.4, -0.2) is 49.0 Å². The van der Waals surface area contributed by atoms with Gasteiger partial charge in [0.2, 0.25) is 0 Å². The lowest BCUT2D eigenvalue weighted by Gasteiger charge is -2.33. The van der Waals surface area contributed by atoms with Gasteiger partial charge in [0.1, 0.15) is 12.3 Å². The predicted octanol–water partition coefficient (Wildman–Crippen LogP) is 2.32. The molecule has 0 unspecified atom stereocenters. The van der Waals surface area contributed by atoms with Crippen LogP contribution in [-0.2, 0) is 6.54 Å². The molecular weight excluding hydrogens is 445 g/mol. The van der Waals surface area contributed by atoms with Crippen LogP contribution in [0.5, 0.6) is 0 Å². The first-order valence-corrected chi connectivity index (χ1v) is 9.28. The van der Waals surface area contributed by atoms with Crippen molar-refractivity contribution in [1.29, 1.82) is 0 Å². The lowest BCUT2D eigenvalue weighted by Crippen LogP contribution is -2.48. The Balaban J connectivity index is 0.00000338. The first-order chi connectivity index (χ1) is 12.1. The predicted molar refractivity (Wildman–Crippen MR) is 115 cm³/mol. The quantitative estimate of drug-likeness (QED) is 0.304. The maximum atomic E-state index is 11.1. The summed E-state index contributed by atoms with van der Waals surface area (Å²) in [7, 11) is 0. The van der Waals surface area contributed by atoms with Crippen LogP contribution in [0, 0.1) is 0 Å². The molecule has 1 fully saturated rings. The molecule has 26 heavy (non-hydrogen) atoms. The lowest BCUT2D eigenvalue weighted by molar-refractivity contribution is 0.0972. The van der Waals surface area contributed by atoms with Gasteiger partial charge in [-0.1, -0.05) is 13.3 Å². The van der Waals surface area contributed by atoms with Crippen LogP contribution in [0.4, 0.5) is 0 Å². The standard InChI is InChI=1S/C18H31N5O2.HI/c1-3-5-10-23-11-8-14(9-12-23)22-18(20-4-2)21-13-15-6-7-16(25-15)17(19)24;/h6-7,14H,3-5,8-13H2,1-2H3,(H2,19,24)(H2,20,21,22);1H. The summed E-state index contributed by atoms with van der Waals surface area (Å²) in [5.41, 5.74) is 5.20. The molecule has 0 aliphatic carbocycles. The second-order valence-electron chi connectivity index (χ2n) is 6.44. The van der Waals surface area contributed by atoms with E-state index in [9.17, 15) is 4.79 Å². The van der Waals surface area contributed by atoms with Gasteiger partial charge in [-0.15, -0.1) is 24.0 Å². The maximum absolute atomic E-state index is 11.1. The van der Waals surface area contributed by atoms with Crippen molar-refractivity contribution >= 4 is 35.8 Å². The smallest absolute Gasteiger partial charge is 0.284 e. The number of nitrogens with two attached hydrogens (primary N) is 1. The van der Waals surface area contributed by atoms with Crippen LogP contribution in [0.3, 0.4) is 0 Å². The van der Waals surface area contributed by atoms with E-state index in [1.807, 2.05) is 6.92 Å². The average Bonchev–Trinajstić information content (AvgIpc) is 3.08. The van der Waals surface area contributed by atoms with E-state index < -0.39 is 5.91 Å². The molecule has 148 valence electrons. The summed E-state index contributed by atoms with van der Waals surface area (Å²) in [5.74, 6) is 1.02. The van der Waals surface area contributed by atoms with E-state index in [2.05, 4.69) is 27.4 Å². The van der Waals surface area contributed by atoms with Crippen molar-refractivity contribution in [2.24, 2.45) is 10.7 Å². The van der Waals surface area contributed by atoms with Crippen LogP contribution < -0.4 is 16.4 Å². The molecular formula is C18H32IN5O2. The van der Waals surface area contributed by atoms with Gasteiger partial charge < -0.3 is 25.7 Å². The van der Waals surface area contributed by atoms with E-state index in [1.54, 1.807) is 12.1 Å². The van der Waals surface area contributed by atoms with Crippen molar-refractivity contribution in [3.63, 3.8) is 0 Å². The third-order valence-electron chi connectivity index (χ3n) is 4.40. The topological polar surface area (TPSA) is 95.9 Å². The molecule has 1 amide bonds. The number of nitrogens with one attached hydrogen (secondary N) is 2. The molecule has 1 aliphatic rings. The minimum Gasteiger partial charge on any atom is -0.454 e. The Morgan fingerprint density at radius 3 is 2.65 bits per heavy atom. The first-order valence-electron chi connectivity index (χ1n) is 9.28. The van der Waals surface area contributed by atoms with Gasteiger partial charge in [-0.3, -0.25) is 4.79 Å². The van der Waals surface area contributed by atoms with E-state index in [-0.39, 0.29) is 29.7 Å². The SMILES string of the molecule is CCCCN1CCC(NC(=NCc2ccc(C(N)=O)o2)NCC)CC1.I. The lowest BCUT2D eigenvalue weighted by atomic mass is 10.0. The number of primary amides is 1. The molecule has 2 rings (SSSR count). The van der Waals surface area contributed by atoms with Crippen molar-refractivity contribution < 1.29 is 9.21 Å². The van der Waals surface area contributed by atoms with E-state index in [1.165, 1.54) is 19.4 Å². The molecule has 8 heteroatoms. The number of amides is 1. The van der Waals surface area contributed by atoms with E-state index in [0.29, 0.717) is 18.3 Å². The van der Waals surface area contributed by atoms with Crippen LogP contribution in [0.15, 0.2) is 21.5 Å². The summed E-state index contributed by atoms with van der Waals surface area (Å²) >= 11 is 0. The van der Waals surface area contributed by atoms with Gasteiger partial charge in [0, 0.05) is 25.7 Å². The van der Waals surface area contributed by atoms with Crippen molar-refractivity contribution in [3.05, 3.63) is 23.7 Å². The van der Waals surface area contributed by atoms with E-state index >= 15 is 0 Å². The minimum atomic E-state index is -0.560. The van der Waals surface area contributed by atoms with Crippen LogP contribution in [0.2, 0.25) is 0 Å². The maximum Gasteiger partial charge on any atom is 0.284 e. The molecule has 1 aromatic rings.